The Balaban J connectivity index is 1.15. The summed E-state index contributed by atoms with van der Waals surface area (Å²) in [6, 6.07) is 0. The van der Waals surface area contributed by atoms with Crippen LogP contribution in [0.4, 0.5) is 0 Å². The average molecular weight is 376 g/mol. The molecule has 8 rings (SSSR count). The Bertz CT molecular complexity index is 592. The van der Waals surface area contributed by atoms with E-state index >= 15 is 0 Å². The Labute approximate surface area is 161 Å². The quantitative estimate of drug-likeness (QED) is 0.579. The molecule has 0 aromatic rings. The summed E-state index contributed by atoms with van der Waals surface area (Å²) in [5, 5.41) is 0. The van der Waals surface area contributed by atoms with Crippen molar-refractivity contribution in [2.75, 3.05) is 33.0 Å². The van der Waals surface area contributed by atoms with Crippen molar-refractivity contribution in [3.05, 3.63) is 0 Å². The van der Waals surface area contributed by atoms with Crippen LogP contribution in [0.3, 0.4) is 0 Å². The van der Waals surface area contributed by atoms with Gasteiger partial charge >= 0.3 is 0 Å². The first kappa shape index (κ1) is 16.6. The van der Waals surface area contributed by atoms with Gasteiger partial charge in [-0.1, -0.05) is 0 Å². The van der Waals surface area contributed by atoms with Crippen molar-refractivity contribution in [1.82, 2.24) is 0 Å². The van der Waals surface area contributed by atoms with E-state index < -0.39 is 0 Å². The highest BCUT2D eigenvalue weighted by Gasteiger charge is 2.69. The number of ether oxygens (including phenoxy) is 5. The SMILES string of the molecule is C1OC1COC12CC3CC(OCC4CO4)(C1)CC([C@H]1C[C@H]1CC1CO1)(C3)C2. The molecule has 5 heteroatoms. The minimum absolute atomic E-state index is 0.0407. The summed E-state index contributed by atoms with van der Waals surface area (Å²) in [6.07, 6.45) is 11.5. The van der Waals surface area contributed by atoms with Crippen molar-refractivity contribution >= 4 is 0 Å². The highest BCUT2D eigenvalue weighted by atomic mass is 16.6. The molecule has 5 nitrogen and oxygen atoms in total. The predicted molar refractivity (Wildman–Crippen MR) is 96.4 cm³/mol. The largest absolute Gasteiger partial charge is 0.373 e. The highest BCUT2D eigenvalue weighted by Crippen LogP contribution is 2.72. The van der Waals surface area contributed by atoms with E-state index in [0.29, 0.717) is 23.7 Å². The van der Waals surface area contributed by atoms with Crippen molar-refractivity contribution in [2.24, 2.45) is 23.2 Å². The fourth-order valence-corrected chi connectivity index (χ4v) is 7.74. The number of hydrogen-bond acceptors (Lipinski definition) is 5. The van der Waals surface area contributed by atoms with Gasteiger partial charge in [0.2, 0.25) is 0 Å². The second-order valence-corrected chi connectivity index (χ2v) is 11.1. The van der Waals surface area contributed by atoms with E-state index in [1.807, 2.05) is 0 Å². The molecule has 5 saturated carbocycles. The maximum absolute atomic E-state index is 6.68. The van der Waals surface area contributed by atoms with E-state index in [4.69, 9.17) is 23.7 Å². The molecule has 5 unspecified atom stereocenters. The van der Waals surface area contributed by atoms with E-state index in [9.17, 15) is 0 Å². The second-order valence-electron chi connectivity index (χ2n) is 11.1. The van der Waals surface area contributed by atoms with Crippen molar-refractivity contribution in [2.45, 2.75) is 80.9 Å². The summed E-state index contributed by atoms with van der Waals surface area (Å²) < 4.78 is 29.8. The summed E-state index contributed by atoms with van der Waals surface area (Å²) in [7, 11) is 0. The zero-order valence-electron chi connectivity index (χ0n) is 16.2. The van der Waals surface area contributed by atoms with Crippen LogP contribution in [0.25, 0.3) is 0 Å². The van der Waals surface area contributed by atoms with E-state index in [0.717, 1.165) is 57.2 Å². The molecule has 0 aromatic carbocycles. The van der Waals surface area contributed by atoms with Crippen LogP contribution in [0.5, 0.6) is 0 Å². The highest BCUT2D eigenvalue weighted by molar-refractivity contribution is 5.20. The van der Waals surface area contributed by atoms with Crippen LogP contribution in [-0.4, -0.2) is 62.5 Å². The van der Waals surface area contributed by atoms with Crippen LogP contribution in [0.1, 0.15) is 51.4 Å². The van der Waals surface area contributed by atoms with Gasteiger partial charge in [-0.05, 0) is 68.1 Å². The van der Waals surface area contributed by atoms with Crippen LogP contribution in [0.2, 0.25) is 0 Å². The van der Waals surface area contributed by atoms with Gasteiger partial charge in [-0.15, -0.1) is 0 Å². The van der Waals surface area contributed by atoms with Gasteiger partial charge in [0.25, 0.3) is 0 Å². The lowest BCUT2D eigenvalue weighted by Gasteiger charge is -2.66. The molecule has 27 heavy (non-hydrogen) atoms. The molecule has 150 valence electrons. The van der Waals surface area contributed by atoms with E-state index in [2.05, 4.69) is 0 Å². The first-order valence-electron chi connectivity index (χ1n) is 11.3. The summed E-state index contributed by atoms with van der Waals surface area (Å²) in [4.78, 5) is 0. The van der Waals surface area contributed by atoms with Crippen LogP contribution in [0.15, 0.2) is 0 Å². The smallest absolute Gasteiger partial charge is 0.104 e. The molecular weight excluding hydrogens is 344 g/mol. The number of epoxide rings is 3. The van der Waals surface area contributed by atoms with Gasteiger partial charge in [-0.25, -0.2) is 0 Å². The first-order valence-corrected chi connectivity index (χ1v) is 11.3. The molecule has 0 N–H and O–H groups in total. The van der Waals surface area contributed by atoms with Crippen LogP contribution in [0, 0.1) is 23.2 Å². The molecule has 3 heterocycles. The molecule has 0 radical (unpaired) electrons. The molecular formula is C22H32O5. The fourth-order valence-electron chi connectivity index (χ4n) is 7.74. The van der Waals surface area contributed by atoms with Crippen LogP contribution >= 0.6 is 0 Å². The molecule has 5 aliphatic carbocycles. The Morgan fingerprint density at radius 2 is 1.33 bits per heavy atom. The predicted octanol–water partition coefficient (Wildman–Crippen LogP) is 2.70. The Kier molecular flexibility index (Phi) is 3.37. The van der Waals surface area contributed by atoms with Gasteiger partial charge in [0.15, 0.2) is 0 Å². The zero-order chi connectivity index (χ0) is 17.7. The first-order chi connectivity index (χ1) is 13.1. The maximum Gasteiger partial charge on any atom is 0.104 e. The van der Waals surface area contributed by atoms with Gasteiger partial charge in [0.1, 0.15) is 12.2 Å². The molecule has 3 aliphatic heterocycles. The van der Waals surface area contributed by atoms with Crippen molar-refractivity contribution in [1.29, 1.82) is 0 Å². The van der Waals surface area contributed by atoms with E-state index in [-0.39, 0.29) is 11.2 Å². The third kappa shape index (κ3) is 3.00. The van der Waals surface area contributed by atoms with Crippen molar-refractivity contribution in [3.8, 4) is 0 Å². The lowest BCUT2D eigenvalue weighted by Crippen LogP contribution is -2.65. The monoisotopic (exact) mass is 376 g/mol. The topological polar surface area (TPSA) is 56.0 Å². The van der Waals surface area contributed by atoms with Gasteiger partial charge in [-0.2, -0.15) is 0 Å². The molecule has 0 amide bonds. The number of hydrogen-bond donors (Lipinski definition) is 0. The zero-order valence-corrected chi connectivity index (χ0v) is 16.2. The normalized spacial score (nSPS) is 59.1. The van der Waals surface area contributed by atoms with E-state index in [1.54, 1.807) is 0 Å². The van der Waals surface area contributed by atoms with Gasteiger partial charge < -0.3 is 23.7 Å². The summed E-state index contributed by atoms with van der Waals surface area (Å²) in [5.74, 6) is 2.55. The van der Waals surface area contributed by atoms with Crippen molar-refractivity contribution in [3.63, 3.8) is 0 Å². The summed E-state index contributed by atoms with van der Waals surface area (Å²) >= 11 is 0. The molecule has 0 spiro atoms. The third-order valence-corrected chi connectivity index (χ3v) is 8.64. The molecule has 0 aromatic heterocycles. The van der Waals surface area contributed by atoms with Crippen LogP contribution < -0.4 is 0 Å². The molecule has 8 fully saturated rings. The Morgan fingerprint density at radius 1 is 0.741 bits per heavy atom. The molecule has 8 aliphatic rings. The fraction of sp³-hybridized carbons (Fsp3) is 1.00. The molecule has 3 saturated heterocycles. The van der Waals surface area contributed by atoms with Gasteiger partial charge in [0, 0.05) is 6.42 Å². The average Bonchev–Trinajstić information content (AvgIpc) is 3.49. The van der Waals surface area contributed by atoms with Gasteiger partial charge in [-0.3, -0.25) is 0 Å². The number of rotatable bonds is 9. The molecule has 4 bridgehead atoms. The minimum atomic E-state index is 0.0407. The summed E-state index contributed by atoms with van der Waals surface area (Å²) in [6.45, 7) is 4.35. The summed E-state index contributed by atoms with van der Waals surface area (Å²) in [5.41, 5.74) is 0.534. The van der Waals surface area contributed by atoms with Crippen LogP contribution in [-0.2, 0) is 23.7 Å². The van der Waals surface area contributed by atoms with E-state index in [1.165, 1.54) is 44.9 Å². The lowest BCUT2D eigenvalue weighted by molar-refractivity contribution is -0.268. The standard InChI is InChI=1S/C22H32O5/c1(16-6-23-16)15-2-19(15)20-3-14-4-21(11-20,26-9-17-7-24-17)13-22(5-14,12-20)27-10-18-8-25-18/h14-19H,1-13H2/t14?,15-,16?,17?,18?,19+,20?,21?,22?/m1/s1. The van der Waals surface area contributed by atoms with Crippen molar-refractivity contribution < 1.29 is 23.7 Å². The Hall–Kier alpha value is -0.200. The lowest BCUT2D eigenvalue weighted by atomic mass is 9.44. The maximum atomic E-state index is 6.68. The second kappa shape index (κ2) is 5.48. The van der Waals surface area contributed by atoms with Gasteiger partial charge in [0.05, 0.1) is 50.3 Å². The third-order valence-electron chi connectivity index (χ3n) is 8.64. The minimum Gasteiger partial charge on any atom is -0.373 e. The Morgan fingerprint density at radius 3 is 1.89 bits per heavy atom. The molecule has 7 atom stereocenters.